The first-order valence-electron chi connectivity index (χ1n) is 6.46. The molecule has 0 spiro atoms. The van der Waals surface area contributed by atoms with Crippen LogP contribution in [0.3, 0.4) is 0 Å². The third-order valence-electron chi connectivity index (χ3n) is 3.18. The molecular weight excluding hydrogens is 272 g/mol. The average molecular weight is 292 g/mol. The number of ether oxygens (including phenoxy) is 2. The summed E-state index contributed by atoms with van der Waals surface area (Å²) >= 11 is 1.67. The van der Waals surface area contributed by atoms with Gasteiger partial charge in [-0.2, -0.15) is 0 Å². The first-order valence-corrected chi connectivity index (χ1v) is 7.34. The van der Waals surface area contributed by atoms with Crippen molar-refractivity contribution < 1.29 is 9.47 Å². The number of hydrogen-bond donors (Lipinski definition) is 1. The maximum atomic E-state index is 5.34. The average Bonchev–Trinajstić information content (AvgIpc) is 2.87. The van der Waals surface area contributed by atoms with E-state index in [-0.39, 0.29) is 6.04 Å². The summed E-state index contributed by atoms with van der Waals surface area (Å²) in [7, 11) is 3.29. The van der Waals surface area contributed by atoms with Crippen LogP contribution >= 0.6 is 11.3 Å². The molecule has 1 atom stereocenters. The molecule has 1 aromatic heterocycles. The fraction of sp³-hybridized carbons (Fsp3) is 0.400. The Kier molecular flexibility index (Phi) is 4.49. The van der Waals surface area contributed by atoms with Gasteiger partial charge < -0.3 is 14.8 Å². The van der Waals surface area contributed by atoms with Gasteiger partial charge in [-0.3, -0.25) is 0 Å². The summed E-state index contributed by atoms with van der Waals surface area (Å²) in [6.07, 6.45) is 0. The number of benzene rings is 1. The Labute approximate surface area is 123 Å². The van der Waals surface area contributed by atoms with Crippen LogP contribution in [0.5, 0.6) is 11.5 Å². The van der Waals surface area contributed by atoms with Gasteiger partial charge >= 0.3 is 0 Å². The van der Waals surface area contributed by atoms with E-state index in [2.05, 4.69) is 22.6 Å². The number of aromatic nitrogens is 1. The molecular formula is C15H20N2O2S. The molecule has 0 aliphatic heterocycles. The molecule has 0 aliphatic rings. The van der Waals surface area contributed by atoms with Crippen molar-refractivity contribution in [3.05, 3.63) is 33.8 Å². The monoisotopic (exact) mass is 292 g/mol. The molecule has 108 valence electrons. The molecule has 0 amide bonds. The molecule has 0 saturated heterocycles. The lowest BCUT2D eigenvalue weighted by atomic mass is 10.1. The standard InChI is InChI=1S/C15H20N2O2S/c1-9-6-14(18-4)15(19-5)7-12(9)16-10(2)13-8-20-11(3)17-13/h6-8,10,16H,1-5H3. The maximum absolute atomic E-state index is 5.34. The quantitative estimate of drug-likeness (QED) is 0.906. The minimum absolute atomic E-state index is 0.150. The van der Waals surface area contributed by atoms with Crippen molar-refractivity contribution in [3.63, 3.8) is 0 Å². The summed E-state index contributed by atoms with van der Waals surface area (Å²) in [6.45, 7) is 6.16. The first kappa shape index (κ1) is 14.7. The highest BCUT2D eigenvalue weighted by molar-refractivity contribution is 7.09. The van der Waals surface area contributed by atoms with Crippen molar-refractivity contribution in [1.29, 1.82) is 0 Å². The van der Waals surface area contributed by atoms with Crippen LogP contribution in [0.25, 0.3) is 0 Å². The number of aryl methyl sites for hydroxylation is 2. The predicted molar refractivity (Wildman–Crippen MR) is 83.2 cm³/mol. The van der Waals surface area contributed by atoms with Crippen LogP contribution < -0.4 is 14.8 Å². The second-order valence-corrected chi connectivity index (χ2v) is 5.74. The van der Waals surface area contributed by atoms with E-state index in [9.17, 15) is 0 Å². The second kappa shape index (κ2) is 6.13. The van der Waals surface area contributed by atoms with Crippen molar-refractivity contribution >= 4 is 17.0 Å². The molecule has 1 unspecified atom stereocenters. The highest BCUT2D eigenvalue weighted by Gasteiger charge is 2.13. The van der Waals surface area contributed by atoms with Gasteiger partial charge in [-0.1, -0.05) is 0 Å². The van der Waals surface area contributed by atoms with Crippen molar-refractivity contribution in [1.82, 2.24) is 4.98 Å². The molecule has 0 aliphatic carbocycles. The summed E-state index contributed by atoms with van der Waals surface area (Å²) in [6, 6.07) is 4.08. The zero-order valence-corrected chi connectivity index (χ0v) is 13.3. The third kappa shape index (κ3) is 3.04. The largest absolute Gasteiger partial charge is 0.493 e. The summed E-state index contributed by atoms with van der Waals surface area (Å²) in [5.41, 5.74) is 3.20. The minimum Gasteiger partial charge on any atom is -0.493 e. The van der Waals surface area contributed by atoms with E-state index in [0.29, 0.717) is 0 Å². The van der Waals surface area contributed by atoms with Crippen LogP contribution in [0, 0.1) is 13.8 Å². The van der Waals surface area contributed by atoms with Crippen LogP contribution in [0.2, 0.25) is 0 Å². The van der Waals surface area contributed by atoms with E-state index in [0.717, 1.165) is 33.5 Å². The molecule has 20 heavy (non-hydrogen) atoms. The van der Waals surface area contributed by atoms with Crippen LogP contribution in [0.15, 0.2) is 17.5 Å². The summed E-state index contributed by atoms with van der Waals surface area (Å²) < 4.78 is 10.6. The Hall–Kier alpha value is -1.75. The van der Waals surface area contributed by atoms with E-state index in [1.165, 1.54) is 0 Å². The van der Waals surface area contributed by atoms with E-state index in [1.54, 1.807) is 25.6 Å². The Bertz CT molecular complexity index is 596. The minimum atomic E-state index is 0.150. The number of nitrogens with one attached hydrogen (secondary N) is 1. The first-order chi connectivity index (χ1) is 9.55. The molecule has 4 nitrogen and oxygen atoms in total. The van der Waals surface area contributed by atoms with Crippen LogP contribution in [-0.4, -0.2) is 19.2 Å². The van der Waals surface area contributed by atoms with Crippen LogP contribution in [-0.2, 0) is 0 Å². The number of methoxy groups -OCH3 is 2. The van der Waals surface area contributed by atoms with Gasteiger partial charge in [0.15, 0.2) is 11.5 Å². The number of nitrogens with zero attached hydrogens (tertiary/aromatic N) is 1. The lowest BCUT2D eigenvalue weighted by molar-refractivity contribution is 0.355. The maximum Gasteiger partial charge on any atom is 0.162 e. The van der Waals surface area contributed by atoms with Crippen molar-refractivity contribution in [2.45, 2.75) is 26.8 Å². The summed E-state index contributed by atoms with van der Waals surface area (Å²) in [5, 5.41) is 6.64. The highest BCUT2D eigenvalue weighted by Crippen LogP contribution is 2.34. The van der Waals surface area contributed by atoms with Crippen molar-refractivity contribution in [3.8, 4) is 11.5 Å². The Morgan fingerprint density at radius 1 is 1.15 bits per heavy atom. The molecule has 5 heteroatoms. The Morgan fingerprint density at radius 2 is 1.80 bits per heavy atom. The normalized spacial score (nSPS) is 12.1. The van der Waals surface area contributed by atoms with E-state index < -0.39 is 0 Å². The highest BCUT2D eigenvalue weighted by atomic mass is 32.1. The molecule has 0 bridgehead atoms. The zero-order chi connectivity index (χ0) is 14.7. The molecule has 1 N–H and O–H groups in total. The van der Waals surface area contributed by atoms with Crippen LogP contribution in [0.4, 0.5) is 5.69 Å². The molecule has 0 fully saturated rings. The van der Waals surface area contributed by atoms with Gasteiger partial charge in [-0.05, 0) is 32.4 Å². The lowest BCUT2D eigenvalue weighted by Gasteiger charge is -2.18. The second-order valence-electron chi connectivity index (χ2n) is 4.68. The van der Waals surface area contributed by atoms with Gasteiger partial charge in [0, 0.05) is 17.1 Å². The smallest absolute Gasteiger partial charge is 0.162 e. The molecule has 2 rings (SSSR count). The number of anilines is 1. The summed E-state index contributed by atoms with van der Waals surface area (Å²) in [4.78, 5) is 4.51. The topological polar surface area (TPSA) is 43.4 Å². The number of hydrogen-bond acceptors (Lipinski definition) is 5. The van der Waals surface area contributed by atoms with Gasteiger partial charge in [0.2, 0.25) is 0 Å². The molecule has 2 aromatic rings. The number of thiazole rings is 1. The summed E-state index contributed by atoms with van der Waals surface area (Å²) in [5.74, 6) is 1.47. The van der Waals surface area contributed by atoms with E-state index in [1.807, 2.05) is 26.0 Å². The van der Waals surface area contributed by atoms with Gasteiger partial charge in [-0.25, -0.2) is 4.98 Å². The van der Waals surface area contributed by atoms with Gasteiger partial charge in [0.1, 0.15) is 0 Å². The fourth-order valence-electron chi connectivity index (χ4n) is 2.02. The van der Waals surface area contributed by atoms with Gasteiger partial charge in [0.05, 0.1) is 31.0 Å². The molecule has 0 radical (unpaired) electrons. The van der Waals surface area contributed by atoms with Crippen molar-refractivity contribution in [2.24, 2.45) is 0 Å². The predicted octanol–water partition coefficient (Wildman–Crippen LogP) is 3.95. The zero-order valence-electron chi connectivity index (χ0n) is 12.5. The molecule has 0 saturated carbocycles. The van der Waals surface area contributed by atoms with Gasteiger partial charge in [-0.15, -0.1) is 11.3 Å². The van der Waals surface area contributed by atoms with Gasteiger partial charge in [0.25, 0.3) is 0 Å². The molecule has 1 aromatic carbocycles. The SMILES string of the molecule is COc1cc(C)c(NC(C)c2csc(C)n2)cc1OC. The molecule has 1 heterocycles. The third-order valence-corrected chi connectivity index (χ3v) is 3.97. The lowest BCUT2D eigenvalue weighted by Crippen LogP contribution is -2.08. The Balaban J connectivity index is 2.24. The fourth-order valence-corrected chi connectivity index (χ4v) is 2.73. The van der Waals surface area contributed by atoms with Crippen molar-refractivity contribution in [2.75, 3.05) is 19.5 Å². The van der Waals surface area contributed by atoms with E-state index in [4.69, 9.17) is 9.47 Å². The Morgan fingerprint density at radius 3 is 2.35 bits per heavy atom. The van der Waals surface area contributed by atoms with E-state index >= 15 is 0 Å². The number of rotatable bonds is 5. The van der Waals surface area contributed by atoms with Crippen LogP contribution in [0.1, 0.15) is 29.2 Å².